The van der Waals surface area contributed by atoms with Gasteiger partial charge in [-0.25, -0.2) is 4.79 Å². The molecule has 1 saturated carbocycles. The fraction of sp³-hybridized carbons (Fsp3) is 0.550. The molecule has 140 valence electrons. The molecule has 0 bridgehead atoms. The van der Waals surface area contributed by atoms with Crippen molar-refractivity contribution in [2.24, 2.45) is 5.92 Å². The van der Waals surface area contributed by atoms with Gasteiger partial charge in [-0.1, -0.05) is 36.8 Å². The average Bonchev–Trinajstić information content (AvgIpc) is 2.82. The SMILES string of the molecule is Cc1ccc(C(C)NC(=O)CN2C(=O)NC3(CCC(C)CC3)C2=O)cc1. The summed E-state index contributed by atoms with van der Waals surface area (Å²) in [5.41, 5.74) is 1.34. The van der Waals surface area contributed by atoms with Crippen molar-refractivity contribution in [3.05, 3.63) is 35.4 Å². The number of amides is 4. The Morgan fingerprint density at radius 1 is 1.27 bits per heavy atom. The molecule has 1 heterocycles. The van der Waals surface area contributed by atoms with E-state index in [4.69, 9.17) is 0 Å². The van der Waals surface area contributed by atoms with E-state index in [2.05, 4.69) is 17.6 Å². The zero-order chi connectivity index (χ0) is 18.9. The zero-order valence-electron chi connectivity index (χ0n) is 15.7. The molecule has 1 saturated heterocycles. The maximum Gasteiger partial charge on any atom is 0.325 e. The van der Waals surface area contributed by atoms with Crippen LogP contribution >= 0.6 is 0 Å². The van der Waals surface area contributed by atoms with Crippen molar-refractivity contribution in [1.82, 2.24) is 15.5 Å². The molecule has 1 unspecified atom stereocenters. The minimum Gasteiger partial charge on any atom is -0.348 e. The molecule has 6 heteroatoms. The quantitative estimate of drug-likeness (QED) is 0.813. The van der Waals surface area contributed by atoms with Gasteiger partial charge < -0.3 is 10.6 Å². The van der Waals surface area contributed by atoms with Crippen molar-refractivity contribution < 1.29 is 14.4 Å². The van der Waals surface area contributed by atoms with Crippen LogP contribution in [0.2, 0.25) is 0 Å². The second-order valence-electron chi connectivity index (χ2n) is 7.79. The molecule has 1 aromatic rings. The van der Waals surface area contributed by atoms with E-state index in [9.17, 15) is 14.4 Å². The lowest BCUT2D eigenvalue weighted by atomic mass is 9.77. The van der Waals surface area contributed by atoms with Crippen molar-refractivity contribution in [3.63, 3.8) is 0 Å². The molecule has 1 aliphatic carbocycles. The van der Waals surface area contributed by atoms with Gasteiger partial charge in [-0.15, -0.1) is 0 Å². The van der Waals surface area contributed by atoms with Gasteiger partial charge in [0.25, 0.3) is 5.91 Å². The Bertz CT molecular complexity index is 706. The van der Waals surface area contributed by atoms with Crippen LogP contribution in [0.1, 0.15) is 56.7 Å². The van der Waals surface area contributed by atoms with Gasteiger partial charge in [-0.3, -0.25) is 14.5 Å². The fourth-order valence-corrected chi connectivity index (χ4v) is 3.78. The number of carbonyl (C=O) groups is 3. The maximum atomic E-state index is 12.8. The summed E-state index contributed by atoms with van der Waals surface area (Å²) in [5, 5.41) is 5.71. The van der Waals surface area contributed by atoms with E-state index >= 15 is 0 Å². The van der Waals surface area contributed by atoms with E-state index in [1.165, 1.54) is 0 Å². The Morgan fingerprint density at radius 2 is 1.88 bits per heavy atom. The van der Waals surface area contributed by atoms with Crippen LogP contribution in [0.5, 0.6) is 0 Å². The average molecular weight is 357 g/mol. The van der Waals surface area contributed by atoms with Gasteiger partial charge in [0, 0.05) is 0 Å². The van der Waals surface area contributed by atoms with Crippen LogP contribution in [0.15, 0.2) is 24.3 Å². The molecule has 1 atom stereocenters. The molecule has 6 nitrogen and oxygen atoms in total. The second kappa shape index (κ2) is 7.09. The normalized spacial score (nSPS) is 26.7. The summed E-state index contributed by atoms with van der Waals surface area (Å²) in [4.78, 5) is 38.5. The van der Waals surface area contributed by atoms with Crippen LogP contribution in [0, 0.1) is 12.8 Å². The van der Waals surface area contributed by atoms with Gasteiger partial charge in [0.2, 0.25) is 5.91 Å². The molecule has 4 amide bonds. The molecule has 26 heavy (non-hydrogen) atoms. The first kappa shape index (κ1) is 18.4. The summed E-state index contributed by atoms with van der Waals surface area (Å²) in [6.45, 7) is 5.81. The summed E-state index contributed by atoms with van der Waals surface area (Å²) in [6, 6.07) is 7.27. The summed E-state index contributed by atoms with van der Waals surface area (Å²) in [5.74, 6) is -0.0200. The molecule has 2 aliphatic rings. The van der Waals surface area contributed by atoms with E-state index in [0.717, 1.165) is 28.9 Å². The number of urea groups is 1. The molecule has 0 radical (unpaired) electrons. The molecule has 1 aliphatic heterocycles. The van der Waals surface area contributed by atoms with Crippen LogP contribution in [0.4, 0.5) is 4.79 Å². The highest BCUT2D eigenvalue weighted by atomic mass is 16.2. The van der Waals surface area contributed by atoms with Crippen LogP contribution in [0.25, 0.3) is 0 Å². The first-order valence-electron chi connectivity index (χ1n) is 9.31. The van der Waals surface area contributed by atoms with E-state index < -0.39 is 11.6 Å². The van der Waals surface area contributed by atoms with Crippen molar-refractivity contribution >= 4 is 17.8 Å². The Balaban J connectivity index is 1.61. The van der Waals surface area contributed by atoms with Gasteiger partial charge in [-0.05, 0) is 51.0 Å². The minimum absolute atomic E-state index is 0.187. The number of nitrogens with zero attached hydrogens (tertiary/aromatic N) is 1. The predicted octanol–water partition coefficient (Wildman–Crippen LogP) is 2.67. The monoisotopic (exact) mass is 357 g/mol. The highest BCUT2D eigenvalue weighted by Crippen LogP contribution is 2.36. The van der Waals surface area contributed by atoms with Crippen molar-refractivity contribution in [2.75, 3.05) is 6.54 Å². The topological polar surface area (TPSA) is 78.5 Å². The van der Waals surface area contributed by atoms with Gasteiger partial charge >= 0.3 is 6.03 Å². The highest BCUT2D eigenvalue weighted by molar-refractivity contribution is 6.09. The van der Waals surface area contributed by atoms with Crippen molar-refractivity contribution in [2.45, 2.75) is 58.0 Å². The Labute approximate surface area is 154 Å². The molecule has 0 aromatic heterocycles. The smallest absolute Gasteiger partial charge is 0.325 e. The standard InChI is InChI=1S/C20H27N3O3/c1-13-4-6-16(7-5-13)15(3)21-17(24)12-23-18(25)20(22-19(23)26)10-8-14(2)9-11-20/h4-7,14-15H,8-12H2,1-3H3,(H,21,24)(H,22,26). The molecule has 1 spiro atoms. The molecule has 1 aromatic carbocycles. The van der Waals surface area contributed by atoms with Gasteiger partial charge in [0.05, 0.1) is 6.04 Å². The van der Waals surface area contributed by atoms with Gasteiger partial charge in [-0.2, -0.15) is 0 Å². The largest absolute Gasteiger partial charge is 0.348 e. The maximum absolute atomic E-state index is 12.8. The second-order valence-corrected chi connectivity index (χ2v) is 7.79. The minimum atomic E-state index is -0.799. The van der Waals surface area contributed by atoms with Crippen molar-refractivity contribution in [1.29, 1.82) is 0 Å². The number of hydrogen-bond donors (Lipinski definition) is 2. The molecule has 2 N–H and O–H groups in total. The first-order chi connectivity index (χ1) is 12.3. The Morgan fingerprint density at radius 3 is 2.50 bits per heavy atom. The lowest BCUT2D eigenvalue weighted by molar-refractivity contribution is -0.136. The summed E-state index contributed by atoms with van der Waals surface area (Å²) < 4.78 is 0. The molecule has 2 fully saturated rings. The zero-order valence-corrected chi connectivity index (χ0v) is 15.7. The summed E-state index contributed by atoms with van der Waals surface area (Å²) >= 11 is 0. The lowest BCUT2D eigenvalue weighted by Gasteiger charge is -2.33. The number of benzene rings is 1. The first-order valence-corrected chi connectivity index (χ1v) is 9.31. The van der Waals surface area contributed by atoms with E-state index in [-0.39, 0.29) is 24.4 Å². The Kier molecular flexibility index (Phi) is 5.03. The third-order valence-corrected chi connectivity index (χ3v) is 5.63. The van der Waals surface area contributed by atoms with E-state index in [1.54, 1.807) is 0 Å². The van der Waals surface area contributed by atoms with Crippen LogP contribution < -0.4 is 10.6 Å². The number of aryl methyl sites for hydroxylation is 1. The van der Waals surface area contributed by atoms with E-state index in [0.29, 0.717) is 18.8 Å². The molecular formula is C20H27N3O3. The van der Waals surface area contributed by atoms with Gasteiger partial charge in [0.15, 0.2) is 0 Å². The number of nitrogens with one attached hydrogen (secondary N) is 2. The van der Waals surface area contributed by atoms with Gasteiger partial charge in [0.1, 0.15) is 12.1 Å². The summed E-state index contributed by atoms with van der Waals surface area (Å²) in [6.07, 6.45) is 3.13. The van der Waals surface area contributed by atoms with Crippen LogP contribution in [-0.2, 0) is 9.59 Å². The lowest BCUT2D eigenvalue weighted by Crippen LogP contribution is -2.50. The molecule has 3 rings (SSSR count). The third-order valence-electron chi connectivity index (χ3n) is 5.63. The van der Waals surface area contributed by atoms with Crippen LogP contribution in [0.3, 0.4) is 0 Å². The Hall–Kier alpha value is -2.37. The highest BCUT2D eigenvalue weighted by Gasteiger charge is 2.52. The number of hydrogen-bond acceptors (Lipinski definition) is 3. The third kappa shape index (κ3) is 3.59. The van der Waals surface area contributed by atoms with Crippen LogP contribution in [-0.4, -0.2) is 34.8 Å². The summed E-state index contributed by atoms with van der Waals surface area (Å²) in [7, 11) is 0. The van der Waals surface area contributed by atoms with Crippen molar-refractivity contribution in [3.8, 4) is 0 Å². The van der Waals surface area contributed by atoms with E-state index in [1.807, 2.05) is 38.1 Å². The fourth-order valence-electron chi connectivity index (χ4n) is 3.78. The number of carbonyl (C=O) groups excluding carboxylic acids is 3. The predicted molar refractivity (Wildman–Crippen MR) is 98.3 cm³/mol. The number of rotatable bonds is 4. The number of imide groups is 1. The molecular weight excluding hydrogens is 330 g/mol.